The summed E-state index contributed by atoms with van der Waals surface area (Å²) in [6.07, 6.45) is 1.05. The molecular weight excluding hydrogens is 254 g/mol. The van der Waals surface area contributed by atoms with Crippen LogP contribution in [0.3, 0.4) is 0 Å². The van der Waals surface area contributed by atoms with E-state index in [4.69, 9.17) is 0 Å². The molecule has 0 saturated carbocycles. The maximum Gasteiger partial charge on any atom is 0.132 e. The second-order valence-corrected chi connectivity index (χ2v) is 4.87. The van der Waals surface area contributed by atoms with E-state index in [1.165, 1.54) is 17.4 Å². The minimum absolute atomic E-state index is 0.216. The number of aromatic nitrogens is 1. The van der Waals surface area contributed by atoms with Crippen molar-refractivity contribution in [2.75, 3.05) is 6.54 Å². The van der Waals surface area contributed by atoms with Crippen molar-refractivity contribution in [1.82, 2.24) is 10.3 Å². The monoisotopic (exact) mass is 268 g/mol. The Morgan fingerprint density at radius 3 is 2.94 bits per heavy atom. The van der Waals surface area contributed by atoms with Gasteiger partial charge in [-0.05, 0) is 31.2 Å². The molecule has 5 heteroatoms. The number of nitrogens with zero attached hydrogens (tertiary/aromatic N) is 1. The van der Waals surface area contributed by atoms with E-state index in [1.807, 2.05) is 0 Å². The molecule has 2 nitrogen and oxygen atoms in total. The van der Waals surface area contributed by atoms with E-state index in [-0.39, 0.29) is 5.56 Å². The minimum Gasteiger partial charge on any atom is -0.310 e. The van der Waals surface area contributed by atoms with Gasteiger partial charge in [-0.3, -0.25) is 0 Å². The van der Waals surface area contributed by atoms with Crippen LogP contribution in [-0.2, 0) is 6.54 Å². The van der Waals surface area contributed by atoms with Gasteiger partial charge in [-0.25, -0.2) is 13.8 Å². The van der Waals surface area contributed by atoms with Gasteiger partial charge in [0.05, 0.1) is 5.69 Å². The average Bonchev–Trinajstić information content (AvgIpc) is 2.81. The fourth-order valence-corrected chi connectivity index (χ4v) is 2.35. The first-order valence-electron chi connectivity index (χ1n) is 5.81. The van der Waals surface area contributed by atoms with Gasteiger partial charge < -0.3 is 5.32 Å². The third-order valence-corrected chi connectivity index (χ3v) is 3.31. The molecule has 0 atom stereocenters. The standard InChI is InChI=1S/C13H14F2N2S/c1-2-5-16-7-13-17-12(8-18-13)10-6-9(14)3-4-11(10)15/h3-4,6,8,16H,2,5,7H2,1H3. The maximum absolute atomic E-state index is 13.6. The van der Waals surface area contributed by atoms with E-state index in [0.29, 0.717) is 12.2 Å². The molecular formula is C13H14F2N2S. The van der Waals surface area contributed by atoms with Gasteiger partial charge in [0, 0.05) is 17.5 Å². The lowest BCUT2D eigenvalue weighted by atomic mass is 10.1. The molecule has 96 valence electrons. The number of hydrogen-bond donors (Lipinski definition) is 1. The van der Waals surface area contributed by atoms with E-state index < -0.39 is 11.6 Å². The van der Waals surface area contributed by atoms with Crippen molar-refractivity contribution >= 4 is 11.3 Å². The largest absolute Gasteiger partial charge is 0.310 e. The molecule has 2 aromatic rings. The molecule has 1 aromatic heterocycles. The Hall–Kier alpha value is -1.33. The first-order valence-corrected chi connectivity index (χ1v) is 6.69. The van der Waals surface area contributed by atoms with Gasteiger partial charge in [0.1, 0.15) is 16.6 Å². The molecule has 0 spiro atoms. The number of nitrogens with one attached hydrogen (secondary N) is 1. The average molecular weight is 268 g/mol. The minimum atomic E-state index is -0.454. The molecule has 0 unspecified atom stereocenters. The van der Waals surface area contributed by atoms with Crippen LogP contribution in [0.1, 0.15) is 18.4 Å². The van der Waals surface area contributed by atoms with Gasteiger partial charge in [0.2, 0.25) is 0 Å². The van der Waals surface area contributed by atoms with E-state index in [9.17, 15) is 8.78 Å². The molecule has 1 aromatic carbocycles. The van der Waals surface area contributed by atoms with Gasteiger partial charge in [0.15, 0.2) is 0 Å². The lowest BCUT2D eigenvalue weighted by Gasteiger charge is -2.00. The van der Waals surface area contributed by atoms with Crippen molar-refractivity contribution in [3.8, 4) is 11.3 Å². The highest BCUT2D eigenvalue weighted by Gasteiger charge is 2.10. The second kappa shape index (κ2) is 6.02. The highest BCUT2D eigenvalue weighted by atomic mass is 32.1. The Morgan fingerprint density at radius 1 is 1.33 bits per heavy atom. The van der Waals surface area contributed by atoms with Crippen LogP contribution >= 0.6 is 11.3 Å². The number of benzene rings is 1. The molecule has 0 aliphatic carbocycles. The highest BCUT2D eigenvalue weighted by molar-refractivity contribution is 7.09. The highest BCUT2D eigenvalue weighted by Crippen LogP contribution is 2.25. The number of hydrogen-bond acceptors (Lipinski definition) is 3. The van der Waals surface area contributed by atoms with Gasteiger partial charge in [0.25, 0.3) is 0 Å². The van der Waals surface area contributed by atoms with Crippen molar-refractivity contribution < 1.29 is 8.78 Å². The lowest BCUT2D eigenvalue weighted by molar-refractivity contribution is 0.602. The summed E-state index contributed by atoms with van der Waals surface area (Å²) in [4.78, 5) is 4.30. The van der Waals surface area contributed by atoms with Gasteiger partial charge in [-0.2, -0.15) is 0 Å². The van der Waals surface area contributed by atoms with E-state index in [1.54, 1.807) is 5.38 Å². The quantitative estimate of drug-likeness (QED) is 0.838. The van der Waals surface area contributed by atoms with Crippen LogP contribution in [0, 0.1) is 11.6 Å². The van der Waals surface area contributed by atoms with Gasteiger partial charge in [-0.15, -0.1) is 11.3 Å². The summed E-state index contributed by atoms with van der Waals surface area (Å²) in [5.74, 6) is -0.903. The van der Waals surface area contributed by atoms with E-state index in [0.717, 1.165) is 30.1 Å². The topological polar surface area (TPSA) is 24.9 Å². The summed E-state index contributed by atoms with van der Waals surface area (Å²) in [6, 6.07) is 3.40. The number of thiazole rings is 1. The molecule has 0 radical (unpaired) electrons. The van der Waals surface area contributed by atoms with Crippen LogP contribution in [0.2, 0.25) is 0 Å². The Kier molecular flexibility index (Phi) is 4.38. The lowest BCUT2D eigenvalue weighted by Crippen LogP contribution is -2.13. The molecule has 0 saturated heterocycles. The van der Waals surface area contributed by atoms with Crippen LogP contribution in [0.15, 0.2) is 23.6 Å². The fraction of sp³-hybridized carbons (Fsp3) is 0.308. The Labute approximate surface area is 109 Å². The van der Waals surface area contributed by atoms with Gasteiger partial charge in [-0.1, -0.05) is 6.92 Å². The van der Waals surface area contributed by atoms with Crippen LogP contribution in [0.5, 0.6) is 0 Å². The molecule has 0 bridgehead atoms. The molecule has 18 heavy (non-hydrogen) atoms. The third kappa shape index (κ3) is 3.11. The Bertz CT molecular complexity index is 525. The predicted molar refractivity (Wildman–Crippen MR) is 69.5 cm³/mol. The summed E-state index contributed by atoms with van der Waals surface area (Å²) in [6.45, 7) is 3.67. The Morgan fingerprint density at radius 2 is 2.17 bits per heavy atom. The maximum atomic E-state index is 13.6. The van der Waals surface area contributed by atoms with Crippen molar-refractivity contribution in [2.24, 2.45) is 0 Å². The third-order valence-electron chi connectivity index (χ3n) is 2.46. The summed E-state index contributed by atoms with van der Waals surface area (Å²) in [7, 11) is 0. The summed E-state index contributed by atoms with van der Waals surface area (Å²) < 4.78 is 26.6. The van der Waals surface area contributed by atoms with E-state index in [2.05, 4.69) is 17.2 Å². The molecule has 0 aliphatic heterocycles. The second-order valence-electron chi connectivity index (χ2n) is 3.93. The molecule has 0 aliphatic rings. The van der Waals surface area contributed by atoms with Crippen LogP contribution in [-0.4, -0.2) is 11.5 Å². The van der Waals surface area contributed by atoms with Gasteiger partial charge >= 0.3 is 0 Å². The first kappa shape index (κ1) is 13.1. The molecule has 0 amide bonds. The molecule has 1 N–H and O–H groups in total. The SMILES string of the molecule is CCCNCc1nc(-c2cc(F)ccc2F)cs1. The van der Waals surface area contributed by atoms with Crippen molar-refractivity contribution in [3.05, 3.63) is 40.2 Å². The van der Waals surface area contributed by atoms with Crippen LogP contribution < -0.4 is 5.32 Å². The zero-order valence-electron chi connectivity index (χ0n) is 10.0. The van der Waals surface area contributed by atoms with Crippen LogP contribution in [0.4, 0.5) is 8.78 Å². The number of rotatable bonds is 5. The van der Waals surface area contributed by atoms with Crippen molar-refractivity contribution in [2.45, 2.75) is 19.9 Å². The normalized spacial score (nSPS) is 10.8. The predicted octanol–water partition coefficient (Wildman–Crippen LogP) is 3.59. The number of halogens is 2. The molecule has 0 fully saturated rings. The Balaban J connectivity index is 2.16. The zero-order chi connectivity index (χ0) is 13.0. The van der Waals surface area contributed by atoms with Crippen molar-refractivity contribution in [1.29, 1.82) is 0 Å². The van der Waals surface area contributed by atoms with Crippen LogP contribution in [0.25, 0.3) is 11.3 Å². The van der Waals surface area contributed by atoms with E-state index >= 15 is 0 Å². The fourth-order valence-electron chi connectivity index (χ4n) is 1.58. The smallest absolute Gasteiger partial charge is 0.132 e. The van der Waals surface area contributed by atoms with Crippen molar-refractivity contribution in [3.63, 3.8) is 0 Å². The molecule has 1 heterocycles. The molecule has 2 rings (SSSR count). The summed E-state index contributed by atoms with van der Waals surface area (Å²) in [5.41, 5.74) is 0.707. The summed E-state index contributed by atoms with van der Waals surface area (Å²) in [5, 5.41) is 5.85. The first-order chi connectivity index (χ1) is 8.70. The summed E-state index contributed by atoms with van der Waals surface area (Å²) >= 11 is 1.45. The zero-order valence-corrected chi connectivity index (χ0v) is 10.9.